The van der Waals surface area contributed by atoms with Crippen molar-refractivity contribution in [3.05, 3.63) is 35.4 Å². The number of rotatable bonds is 4. The van der Waals surface area contributed by atoms with Crippen molar-refractivity contribution in [1.82, 2.24) is 5.32 Å². The summed E-state index contributed by atoms with van der Waals surface area (Å²) in [5, 5.41) is 12.6. The van der Waals surface area contributed by atoms with E-state index in [0.29, 0.717) is 6.54 Å². The Bertz CT molecular complexity index is 417. The summed E-state index contributed by atoms with van der Waals surface area (Å²) in [5.74, 6) is -0.185. The summed E-state index contributed by atoms with van der Waals surface area (Å²) in [5.41, 5.74) is 2.53. The van der Waals surface area contributed by atoms with Crippen LogP contribution in [0.2, 0.25) is 0 Å². The lowest BCUT2D eigenvalue weighted by molar-refractivity contribution is -0.127. The molecule has 0 spiro atoms. The molecule has 2 unspecified atom stereocenters. The van der Waals surface area contributed by atoms with E-state index in [2.05, 4.69) is 24.4 Å². The molecule has 0 heterocycles. The van der Waals surface area contributed by atoms with Gasteiger partial charge in [0.25, 0.3) is 0 Å². The van der Waals surface area contributed by atoms with Crippen molar-refractivity contribution in [3.63, 3.8) is 0 Å². The molecule has 1 saturated carbocycles. The zero-order valence-corrected chi connectivity index (χ0v) is 10.9. The number of nitrogens with one attached hydrogen (secondary N) is 1. The molecule has 0 aliphatic heterocycles. The minimum absolute atomic E-state index is 0.00795. The van der Waals surface area contributed by atoms with Gasteiger partial charge in [0.05, 0.1) is 12.0 Å². The molecular formula is C15H21NO2. The van der Waals surface area contributed by atoms with Crippen LogP contribution in [0.1, 0.15) is 30.4 Å². The summed E-state index contributed by atoms with van der Waals surface area (Å²) in [6, 6.07) is 8.21. The fourth-order valence-corrected chi connectivity index (χ4v) is 2.59. The summed E-state index contributed by atoms with van der Waals surface area (Å²) in [4.78, 5) is 11.9. The Morgan fingerprint density at radius 2 is 2.17 bits per heavy atom. The Morgan fingerprint density at radius 1 is 1.39 bits per heavy atom. The van der Waals surface area contributed by atoms with Crippen molar-refractivity contribution >= 4 is 5.91 Å². The minimum Gasteiger partial charge on any atom is -0.392 e. The van der Waals surface area contributed by atoms with E-state index in [-0.39, 0.29) is 11.8 Å². The third-order valence-electron chi connectivity index (χ3n) is 3.77. The van der Waals surface area contributed by atoms with Gasteiger partial charge in [-0.3, -0.25) is 4.79 Å². The van der Waals surface area contributed by atoms with Crippen molar-refractivity contribution in [2.45, 2.75) is 38.7 Å². The van der Waals surface area contributed by atoms with Gasteiger partial charge in [-0.1, -0.05) is 24.3 Å². The monoisotopic (exact) mass is 247 g/mol. The third kappa shape index (κ3) is 3.10. The Morgan fingerprint density at radius 3 is 2.83 bits per heavy atom. The molecule has 0 radical (unpaired) electrons. The molecule has 0 saturated heterocycles. The molecule has 1 aliphatic carbocycles. The van der Waals surface area contributed by atoms with Gasteiger partial charge in [0, 0.05) is 6.54 Å². The van der Waals surface area contributed by atoms with Gasteiger partial charge in [0.1, 0.15) is 0 Å². The highest BCUT2D eigenvalue weighted by atomic mass is 16.3. The molecule has 98 valence electrons. The summed E-state index contributed by atoms with van der Waals surface area (Å²) in [6.07, 6.45) is 2.94. The van der Waals surface area contributed by atoms with Crippen LogP contribution in [0.25, 0.3) is 0 Å². The largest absolute Gasteiger partial charge is 0.392 e. The van der Waals surface area contributed by atoms with E-state index in [1.165, 1.54) is 11.1 Å². The first-order chi connectivity index (χ1) is 8.68. The smallest absolute Gasteiger partial charge is 0.225 e. The van der Waals surface area contributed by atoms with E-state index < -0.39 is 6.10 Å². The Balaban J connectivity index is 1.79. The van der Waals surface area contributed by atoms with Gasteiger partial charge in [0.15, 0.2) is 0 Å². The van der Waals surface area contributed by atoms with E-state index in [4.69, 9.17) is 0 Å². The predicted octanol–water partition coefficient (Wildman–Crippen LogP) is 1.81. The average molecular weight is 247 g/mol. The fourth-order valence-electron chi connectivity index (χ4n) is 2.59. The van der Waals surface area contributed by atoms with Crippen LogP contribution in [-0.4, -0.2) is 23.7 Å². The lowest BCUT2D eigenvalue weighted by Gasteiger charge is -2.14. The molecule has 1 amide bonds. The zero-order chi connectivity index (χ0) is 13.0. The second kappa shape index (κ2) is 6.01. The highest BCUT2D eigenvalue weighted by Gasteiger charge is 2.30. The number of hydrogen-bond donors (Lipinski definition) is 2. The highest BCUT2D eigenvalue weighted by molar-refractivity contribution is 5.79. The van der Waals surface area contributed by atoms with Crippen LogP contribution < -0.4 is 5.32 Å². The lowest BCUT2D eigenvalue weighted by Crippen LogP contribution is -2.35. The van der Waals surface area contributed by atoms with Crippen LogP contribution in [0.3, 0.4) is 0 Å². The Hall–Kier alpha value is -1.35. The highest BCUT2D eigenvalue weighted by Crippen LogP contribution is 2.25. The van der Waals surface area contributed by atoms with Crippen molar-refractivity contribution in [3.8, 4) is 0 Å². The van der Waals surface area contributed by atoms with Crippen LogP contribution in [0.15, 0.2) is 24.3 Å². The molecule has 3 nitrogen and oxygen atoms in total. The van der Waals surface area contributed by atoms with Crippen molar-refractivity contribution in [1.29, 1.82) is 0 Å². The first-order valence-electron chi connectivity index (χ1n) is 6.69. The van der Waals surface area contributed by atoms with Gasteiger partial charge in [-0.2, -0.15) is 0 Å². The molecule has 0 bridgehead atoms. The number of carbonyl (C=O) groups is 1. The van der Waals surface area contributed by atoms with E-state index in [0.717, 1.165) is 25.7 Å². The molecule has 2 atom stereocenters. The summed E-state index contributed by atoms with van der Waals surface area (Å²) >= 11 is 0. The Kier molecular flexibility index (Phi) is 4.37. The number of aliphatic hydroxyl groups is 1. The van der Waals surface area contributed by atoms with Crippen LogP contribution in [0.4, 0.5) is 0 Å². The summed E-state index contributed by atoms with van der Waals surface area (Å²) in [6.45, 7) is 2.73. The molecule has 1 aliphatic rings. The maximum atomic E-state index is 11.9. The average Bonchev–Trinajstić information content (AvgIpc) is 2.78. The van der Waals surface area contributed by atoms with Gasteiger partial charge in [-0.05, 0) is 43.7 Å². The van der Waals surface area contributed by atoms with Gasteiger partial charge in [0.2, 0.25) is 5.91 Å². The van der Waals surface area contributed by atoms with Gasteiger partial charge in [-0.25, -0.2) is 0 Å². The van der Waals surface area contributed by atoms with Crippen molar-refractivity contribution in [2.75, 3.05) is 6.54 Å². The number of amides is 1. The molecule has 2 rings (SSSR count). The molecule has 2 N–H and O–H groups in total. The van der Waals surface area contributed by atoms with Crippen molar-refractivity contribution in [2.24, 2.45) is 5.92 Å². The number of aryl methyl sites for hydroxylation is 1. The standard InChI is InChI=1S/C15H21NO2/c1-11-5-2-3-6-12(11)9-10-16-15(18)13-7-4-8-14(13)17/h2-3,5-6,13-14,17H,4,7-10H2,1H3,(H,16,18). The van der Waals surface area contributed by atoms with Crippen LogP contribution in [-0.2, 0) is 11.2 Å². The Labute approximate surface area is 108 Å². The van der Waals surface area contributed by atoms with Gasteiger partial charge in [-0.15, -0.1) is 0 Å². The molecule has 1 aromatic rings. The van der Waals surface area contributed by atoms with Gasteiger partial charge >= 0.3 is 0 Å². The molecule has 3 heteroatoms. The predicted molar refractivity (Wildman–Crippen MR) is 71.2 cm³/mol. The van der Waals surface area contributed by atoms with E-state index >= 15 is 0 Å². The molecule has 18 heavy (non-hydrogen) atoms. The number of hydrogen-bond acceptors (Lipinski definition) is 2. The third-order valence-corrected chi connectivity index (χ3v) is 3.77. The first kappa shape index (κ1) is 13.1. The molecule has 1 fully saturated rings. The molecule has 0 aromatic heterocycles. The van der Waals surface area contributed by atoms with Gasteiger partial charge < -0.3 is 10.4 Å². The molecular weight excluding hydrogens is 226 g/mol. The van der Waals surface area contributed by atoms with Crippen LogP contribution in [0, 0.1) is 12.8 Å². The summed E-state index contributed by atoms with van der Waals surface area (Å²) < 4.78 is 0. The second-order valence-corrected chi connectivity index (χ2v) is 5.07. The normalized spacial score (nSPS) is 23.0. The number of benzene rings is 1. The van der Waals surface area contributed by atoms with Crippen LogP contribution >= 0.6 is 0 Å². The topological polar surface area (TPSA) is 49.3 Å². The second-order valence-electron chi connectivity index (χ2n) is 5.07. The minimum atomic E-state index is -0.441. The molecule has 1 aromatic carbocycles. The fraction of sp³-hybridized carbons (Fsp3) is 0.533. The van der Waals surface area contributed by atoms with Crippen LogP contribution in [0.5, 0.6) is 0 Å². The summed E-state index contributed by atoms with van der Waals surface area (Å²) in [7, 11) is 0. The SMILES string of the molecule is Cc1ccccc1CCNC(=O)C1CCCC1O. The van der Waals surface area contributed by atoms with E-state index in [9.17, 15) is 9.90 Å². The number of aliphatic hydroxyl groups excluding tert-OH is 1. The maximum Gasteiger partial charge on any atom is 0.225 e. The zero-order valence-electron chi connectivity index (χ0n) is 10.9. The van der Waals surface area contributed by atoms with E-state index in [1.807, 2.05) is 12.1 Å². The first-order valence-corrected chi connectivity index (χ1v) is 6.69. The maximum absolute atomic E-state index is 11.9. The van der Waals surface area contributed by atoms with Crippen molar-refractivity contribution < 1.29 is 9.90 Å². The quantitative estimate of drug-likeness (QED) is 0.852. The van der Waals surface area contributed by atoms with E-state index in [1.54, 1.807) is 0 Å². The number of carbonyl (C=O) groups excluding carboxylic acids is 1. The lowest BCUT2D eigenvalue weighted by atomic mass is 10.0.